The van der Waals surface area contributed by atoms with E-state index in [-0.39, 0.29) is 0 Å². The molecule has 0 bridgehead atoms. The summed E-state index contributed by atoms with van der Waals surface area (Å²) in [4.78, 5) is 14.9. The van der Waals surface area contributed by atoms with Crippen molar-refractivity contribution in [3.63, 3.8) is 0 Å². The molecular formula is C43H25N3O2. The number of para-hydroxylation sites is 1. The summed E-state index contributed by atoms with van der Waals surface area (Å²) in [6.07, 6.45) is 0. The quantitative estimate of drug-likeness (QED) is 0.197. The Morgan fingerprint density at radius 2 is 1.00 bits per heavy atom. The summed E-state index contributed by atoms with van der Waals surface area (Å²) in [5.41, 5.74) is 8.13. The van der Waals surface area contributed by atoms with Gasteiger partial charge >= 0.3 is 0 Å². The standard InChI is InChI=1S/C43H25N3O2/c1-3-11-26(12-4-1)41-44-42(27-13-5-2-6-14-27)46-43(45-41)33-19-10-20-37-39(33)35-24-30(21-22-36(35)47-37)31-17-9-18-32-34-23-28-15-7-8-16-29(28)25-38(34)48-40(31)32/h1-25H. The molecule has 5 nitrogen and oxygen atoms in total. The fourth-order valence-corrected chi connectivity index (χ4v) is 6.82. The molecule has 224 valence electrons. The zero-order valence-corrected chi connectivity index (χ0v) is 25.6. The third-order valence-electron chi connectivity index (χ3n) is 9.11. The molecule has 10 rings (SSSR count). The van der Waals surface area contributed by atoms with E-state index in [1.54, 1.807) is 0 Å². The van der Waals surface area contributed by atoms with E-state index < -0.39 is 0 Å². The van der Waals surface area contributed by atoms with Crippen molar-refractivity contribution in [2.45, 2.75) is 0 Å². The van der Waals surface area contributed by atoms with Crippen LogP contribution in [-0.4, -0.2) is 15.0 Å². The fraction of sp³-hybridized carbons (Fsp3) is 0. The van der Waals surface area contributed by atoms with Gasteiger partial charge in [0.05, 0.1) is 0 Å². The molecule has 0 atom stereocenters. The molecule has 3 aromatic heterocycles. The van der Waals surface area contributed by atoms with Gasteiger partial charge in [0.25, 0.3) is 0 Å². The van der Waals surface area contributed by atoms with Crippen molar-refractivity contribution in [3.05, 3.63) is 152 Å². The number of aromatic nitrogens is 3. The molecule has 0 saturated heterocycles. The molecule has 0 aliphatic rings. The van der Waals surface area contributed by atoms with E-state index >= 15 is 0 Å². The minimum atomic E-state index is 0.591. The van der Waals surface area contributed by atoms with Crippen LogP contribution in [0.15, 0.2) is 160 Å². The first-order valence-electron chi connectivity index (χ1n) is 15.9. The summed E-state index contributed by atoms with van der Waals surface area (Å²) in [7, 11) is 0. The monoisotopic (exact) mass is 615 g/mol. The van der Waals surface area contributed by atoms with Crippen LogP contribution in [0.25, 0.3) is 99.9 Å². The second-order valence-corrected chi connectivity index (χ2v) is 12.0. The number of hydrogen-bond acceptors (Lipinski definition) is 5. The number of furan rings is 2. The smallest absolute Gasteiger partial charge is 0.164 e. The summed E-state index contributed by atoms with van der Waals surface area (Å²) in [6.45, 7) is 0. The zero-order chi connectivity index (χ0) is 31.6. The van der Waals surface area contributed by atoms with Crippen molar-refractivity contribution in [3.8, 4) is 45.3 Å². The predicted molar refractivity (Wildman–Crippen MR) is 194 cm³/mol. The number of nitrogens with zero attached hydrogens (tertiary/aromatic N) is 3. The summed E-state index contributed by atoms with van der Waals surface area (Å²) >= 11 is 0. The molecule has 0 N–H and O–H groups in total. The van der Waals surface area contributed by atoms with Gasteiger partial charge in [-0.15, -0.1) is 0 Å². The van der Waals surface area contributed by atoms with Crippen molar-refractivity contribution in [1.82, 2.24) is 15.0 Å². The Kier molecular flexibility index (Phi) is 5.81. The fourth-order valence-electron chi connectivity index (χ4n) is 6.82. The Hall–Kier alpha value is -6.59. The molecule has 48 heavy (non-hydrogen) atoms. The SMILES string of the molecule is c1ccc(-c2nc(-c3ccccc3)nc(-c3cccc4oc5ccc(-c6cccc7c6oc6cc8ccccc8cc67)cc5c34)n2)cc1. The van der Waals surface area contributed by atoms with Gasteiger partial charge in [0.1, 0.15) is 22.3 Å². The first-order valence-corrected chi connectivity index (χ1v) is 15.9. The summed E-state index contributed by atoms with van der Waals surface area (Å²) < 4.78 is 13.0. The van der Waals surface area contributed by atoms with Crippen molar-refractivity contribution >= 4 is 54.6 Å². The molecule has 0 saturated carbocycles. The van der Waals surface area contributed by atoms with E-state index in [9.17, 15) is 0 Å². The summed E-state index contributed by atoms with van der Waals surface area (Å²) in [5, 5.41) is 6.51. The highest BCUT2D eigenvalue weighted by Crippen LogP contribution is 2.41. The Balaban J connectivity index is 1.19. The lowest BCUT2D eigenvalue weighted by Gasteiger charge is -2.09. The van der Waals surface area contributed by atoms with Gasteiger partial charge in [-0.05, 0) is 46.7 Å². The highest BCUT2D eigenvalue weighted by atomic mass is 16.3. The van der Waals surface area contributed by atoms with Gasteiger partial charge in [-0.3, -0.25) is 0 Å². The van der Waals surface area contributed by atoms with Crippen LogP contribution in [0.5, 0.6) is 0 Å². The van der Waals surface area contributed by atoms with Gasteiger partial charge in [-0.1, -0.05) is 121 Å². The molecular weight excluding hydrogens is 590 g/mol. The molecule has 0 radical (unpaired) electrons. The number of rotatable bonds is 4. The normalized spacial score (nSPS) is 11.8. The first kappa shape index (κ1) is 26.6. The van der Waals surface area contributed by atoms with Gasteiger partial charge in [-0.2, -0.15) is 0 Å². The van der Waals surface area contributed by atoms with E-state index in [0.29, 0.717) is 17.5 Å². The molecule has 3 heterocycles. The average molecular weight is 616 g/mol. The van der Waals surface area contributed by atoms with Crippen LogP contribution in [-0.2, 0) is 0 Å². The zero-order valence-electron chi connectivity index (χ0n) is 25.6. The topological polar surface area (TPSA) is 65.0 Å². The van der Waals surface area contributed by atoms with Crippen LogP contribution in [0.4, 0.5) is 0 Å². The molecule has 5 heteroatoms. The van der Waals surface area contributed by atoms with Crippen molar-refractivity contribution < 1.29 is 8.83 Å². The lowest BCUT2D eigenvalue weighted by molar-refractivity contribution is 0.668. The Morgan fingerprint density at radius 3 is 1.75 bits per heavy atom. The van der Waals surface area contributed by atoms with E-state index in [2.05, 4.69) is 72.8 Å². The third-order valence-corrected chi connectivity index (χ3v) is 9.11. The lowest BCUT2D eigenvalue weighted by Crippen LogP contribution is -2.00. The highest BCUT2D eigenvalue weighted by molar-refractivity contribution is 6.15. The molecule has 0 aliphatic carbocycles. The van der Waals surface area contributed by atoms with E-state index in [4.69, 9.17) is 23.8 Å². The van der Waals surface area contributed by atoms with Crippen LogP contribution >= 0.6 is 0 Å². The van der Waals surface area contributed by atoms with Crippen molar-refractivity contribution in [2.75, 3.05) is 0 Å². The minimum Gasteiger partial charge on any atom is -0.456 e. The first-order chi connectivity index (χ1) is 23.8. The molecule has 10 aromatic rings. The van der Waals surface area contributed by atoms with Gasteiger partial charge in [0, 0.05) is 43.8 Å². The second-order valence-electron chi connectivity index (χ2n) is 12.0. The lowest BCUT2D eigenvalue weighted by atomic mass is 9.98. The van der Waals surface area contributed by atoms with Crippen molar-refractivity contribution in [1.29, 1.82) is 0 Å². The van der Waals surface area contributed by atoms with Gasteiger partial charge in [0.15, 0.2) is 17.5 Å². The number of fused-ring (bicyclic) bond motifs is 7. The van der Waals surface area contributed by atoms with Crippen molar-refractivity contribution in [2.24, 2.45) is 0 Å². The second kappa shape index (κ2) is 10.5. The van der Waals surface area contributed by atoms with E-state index in [1.165, 1.54) is 5.39 Å². The molecule has 0 aliphatic heterocycles. The van der Waals surface area contributed by atoms with Gasteiger partial charge < -0.3 is 8.83 Å². The molecule has 0 fully saturated rings. The Bertz CT molecular complexity index is 2780. The third kappa shape index (κ3) is 4.22. The summed E-state index contributed by atoms with van der Waals surface area (Å²) in [6, 6.07) is 51.6. The minimum absolute atomic E-state index is 0.591. The van der Waals surface area contributed by atoms with Gasteiger partial charge in [-0.25, -0.2) is 15.0 Å². The van der Waals surface area contributed by atoms with Crippen LogP contribution in [0, 0.1) is 0 Å². The molecule has 0 spiro atoms. The van der Waals surface area contributed by atoms with E-state index in [0.717, 1.165) is 77.1 Å². The largest absolute Gasteiger partial charge is 0.456 e. The predicted octanol–water partition coefficient (Wildman–Crippen LogP) is 11.5. The van der Waals surface area contributed by atoms with Crippen LogP contribution in [0.2, 0.25) is 0 Å². The van der Waals surface area contributed by atoms with E-state index in [1.807, 2.05) is 78.9 Å². The Morgan fingerprint density at radius 1 is 0.354 bits per heavy atom. The Labute approximate surface area is 274 Å². The molecule has 7 aromatic carbocycles. The number of hydrogen-bond donors (Lipinski definition) is 0. The average Bonchev–Trinajstić information content (AvgIpc) is 3.72. The highest BCUT2D eigenvalue weighted by Gasteiger charge is 2.19. The summed E-state index contributed by atoms with van der Waals surface area (Å²) in [5.74, 6) is 1.83. The maximum Gasteiger partial charge on any atom is 0.164 e. The number of benzene rings is 7. The van der Waals surface area contributed by atoms with Crippen LogP contribution in [0.3, 0.4) is 0 Å². The van der Waals surface area contributed by atoms with Gasteiger partial charge in [0.2, 0.25) is 0 Å². The van der Waals surface area contributed by atoms with Crippen LogP contribution in [0.1, 0.15) is 0 Å². The maximum atomic E-state index is 6.58. The maximum absolute atomic E-state index is 6.58. The molecule has 0 amide bonds. The van der Waals surface area contributed by atoms with Crippen LogP contribution < -0.4 is 0 Å². The molecule has 0 unspecified atom stereocenters.